The van der Waals surface area contributed by atoms with Crippen molar-refractivity contribution in [3.8, 4) is 5.75 Å². The van der Waals surface area contributed by atoms with Gasteiger partial charge in [0.15, 0.2) is 5.16 Å². The minimum absolute atomic E-state index is 0.0349. The van der Waals surface area contributed by atoms with Crippen LogP contribution >= 0.6 is 23.1 Å². The first-order chi connectivity index (χ1) is 12.0. The first kappa shape index (κ1) is 15.9. The zero-order valence-corrected chi connectivity index (χ0v) is 14.7. The van der Waals surface area contributed by atoms with Crippen LogP contribution in [0.15, 0.2) is 54.9 Å². The maximum Gasteiger partial charge on any atom is 0.336 e. The van der Waals surface area contributed by atoms with Crippen molar-refractivity contribution in [1.82, 2.24) is 9.55 Å². The molecule has 8 heteroatoms. The predicted octanol–water partition coefficient (Wildman–Crippen LogP) is 3.10. The lowest BCUT2D eigenvalue weighted by atomic mass is 10.1. The quantitative estimate of drug-likeness (QED) is 0.338. The van der Waals surface area contributed by atoms with E-state index in [2.05, 4.69) is 4.98 Å². The molecule has 25 heavy (non-hydrogen) atoms. The Balaban J connectivity index is 1.75. The van der Waals surface area contributed by atoms with Gasteiger partial charge in [0.2, 0.25) is 0 Å². The number of fused-ring (bicyclic) bond motifs is 2. The summed E-state index contributed by atoms with van der Waals surface area (Å²) in [6.07, 6.45) is 0. The minimum Gasteiger partial charge on any atom is -0.508 e. The van der Waals surface area contributed by atoms with E-state index in [-0.39, 0.29) is 11.3 Å². The maximum absolute atomic E-state index is 12.3. The van der Waals surface area contributed by atoms with Crippen LogP contribution in [0.1, 0.15) is 5.56 Å². The number of phenolic OH excluding ortho intramolecular Hbond substituents is 1. The van der Waals surface area contributed by atoms with Crippen LogP contribution in [0.3, 0.4) is 0 Å². The Bertz CT molecular complexity index is 1220. The summed E-state index contributed by atoms with van der Waals surface area (Å²) in [4.78, 5) is 29.3. The lowest BCUT2D eigenvalue weighted by Crippen LogP contribution is -2.19. The second kappa shape index (κ2) is 6.05. The molecule has 0 unspecified atom stereocenters. The third-order valence-corrected chi connectivity index (χ3v) is 5.72. The molecule has 4 aromatic rings. The Kier molecular flexibility index (Phi) is 3.85. The number of hydrogen-bond acceptors (Lipinski definition) is 7. The van der Waals surface area contributed by atoms with E-state index in [1.54, 1.807) is 25.2 Å². The zero-order valence-electron chi connectivity index (χ0n) is 13.1. The van der Waals surface area contributed by atoms with E-state index in [1.165, 1.54) is 39.8 Å². The Morgan fingerprint density at radius 1 is 1.24 bits per heavy atom. The van der Waals surface area contributed by atoms with E-state index in [4.69, 9.17) is 4.42 Å². The molecule has 0 saturated heterocycles. The smallest absolute Gasteiger partial charge is 0.336 e. The fraction of sp³-hybridized carbons (Fsp3) is 0.118. The highest BCUT2D eigenvalue weighted by molar-refractivity contribution is 7.98. The summed E-state index contributed by atoms with van der Waals surface area (Å²) in [5, 5.41) is 13.3. The van der Waals surface area contributed by atoms with Gasteiger partial charge in [-0.3, -0.25) is 9.36 Å². The molecule has 0 bridgehead atoms. The molecule has 1 N–H and O–H groups in total. The molecule has 0 radical (unpaired) electrons. The van der Waals surface area contributed by atoms with Gasteiger partial charge in [-0.05, 0) is 29.1 Å². The average molecular weight is 372 g/mol. The highest BCUT2D eigenvalue weighted by atomic mass is 32.2. The Labute approximate surface area is 149 Å². The van der Waals surface area contributed by atoms with Crippen molar-refractivity contribution >= 4 is 44.3 Å². The molecule has 126 valence electrons. The highest BCUT2D eigenvalue weighted by Gasteiger charge is 2.12. The summed E-state index contributed by atoms with van der Waals surface area (Å²) in [6.45, 7) is 0. The number of rotatable bonds is 3. The second-order valence-corrected chi connectivity index (χ2v) is 7.29. The van der Waals surface area contributed by atoms with Crippen LogP contribution in [0, 0.1) is 0 Å². The topological polar surface area (TPSA) is 85.3 Å². The van der Waals surface area contributed by atoms with Crippen molar-refractivity contribution in [1.29, 1.82) is 0 Å². The van der Waals surface area contributed by atoms with Crippen LogP contribution in [-0.2, 0) is 12.8 Å². The average Bonchev–Trinajstić information content (AvgIpc) is 3.04. The van der Waals surface area contributed by atoms with Crippen LogP contribution in [0.2, 0.25) is 0 Å². The van der Waals surface area contributed by atoms with Gasteiger partial charge in [0.1, 0.15) is 16.2 Å². The van der Waals surface area contributed by atoms with E-state index >= 15 is 0 Å². The molecule has 0 aliphatic rings. The molecular weight excluding hydrogens is 360 g/mol. The Morgan fingerprint density at radius 3 is 2.92 bits per heavy atom. The van der Waals surface area contributed by atoms with Crippen LogP contribution < -0.4 is 11.2 Å². The summed E-state index contributed by atoms with van der Waals surface area (Å²) < 4.78 is 6.64. The molecule has 0 saturated carbocycles. The van der Waals surface area contributed by atoms with E-state index in [9.17, 15) is 14.7 Å². The third-order valence-electron chi connectivity index (χ3n) is 3.83. The van der Waals surface area contributed by atoms with Crippen molar-refractivity contribution in [2.75, 3.05) is 0 Å². The fourth-order valence-electron chi connectivity index (χ4n) is 2.59. The Morgan fingerprint density at radius 2 is 2.08 bits per heavy atom. The summed E-state index contributed by atoms with van der Waals surface area (Å²) >= 11 is 2.80. The summed E-state index contributed by atoms with van der Waals surface area (Å²) in [5.74, 6) is 0.483. The minimum atomic E-state index is -0.482. The fourth-order valence-corrected chi connectivity index (χ4v) is 4.36. The van der Waals surface area contributed by atoms with Gasteiger partial charge in [0, 0.05) is 30.3 Å². The Hall–Kier alpha value is -2.58. The van der Waals surface area contributed by atoms with Crippen molar-refractivity contribution in [2.24, 2.45) is 7.05 Å². The molecule has 4 rings (SSSR count). The van der Waals surface area contributed by atoms with Gasteiger partial charge >= 0.3 is 5.63 Å². The van der Waals surface area contributed by atoms with Gasteiger partial charge in [0.05, 0.1) is 5.39 Å². The van der Waals surface area contributed by atoms with Crippen LogP contribution in [0.4, 0.5) is 0 Å². The molecule has 6 nitrogen and oxygen atoms in total. The van der Waals surface area contributed by atoms with Crippen molar-refractivity contribution in [3.63, 3.8) is 0 Å². The monoisotopic (exact) mass is 372 g/mol. The lowest BCUT2D eigenvalue weighted by molar-refractivity contribution is 0.473. The van der Waals surface area contributed by atoms with Crippen molar-refractivity contribution < 1.29 is 9.52 Å². The van der Waals surface area contributed by atoms with Gasteiger partial charge < -0.3 is 9.52 Å². The second-order valence-electron chi connectivity index (χ2n) is 5.46. The largest absolute Gasteiger partial charge is 0.508 e. The van der Waals surface area contributed by atoms with E-state index in [0.717, 1.165) is 10.9 Å². The van der Waals surface area contributed by atoms with E-state index in [0.29, 0.717) is 26.7 Å². The molecule has 3 aromatic heterocycles. The summed E-state index contributed by atoms with van der Waals surface area (Å²) in [5.41, 5.74) is 0.524. The molecular formula is C17H12N2O4S2. The predicted molar refractivity (Wildman–Crippen MR) is 98.6 cm³/mol. The molecule has 0 aliphatic carbocycles. The first-order valence-electron chi connectivity index (χ1n) is 7.36. The number of aromatic nitrogens is 2. The van der Waals surface area contributed by atoms with Gasteiger partial charge in [-0.25, -0.2) is 9.78 Å². The third kappa shape index (κ3) is 2.83. The SMILES string of the molecule is Cn1c(SCc2cc(=O)oc3cc(O)ccc23)nc2sccc2c1=O. The molecule has 3 heterocycles. The van der Waals surface area contributed by atoms with Crippen LogP contribution in [-0.4, -0.2) is 14.7 Å². The van der Waals surface area contributed by atoms with Gasteiger partial charge in [-0.2, -0.15) is 0 Å². The highest BCUT2D eigenvalue weighted by Crippen LogP contribution is 2.28. The van der Waals surface area contributed by atoms with Crippen LogP contribution in [0.25, 0.3) is 21.2 Å². The number of benzene rings is 1. The molecule has 0 fully saturated rings. The van der Waals surface area contributed by atoms with E-state index in [1.807, 2.05) is 5.38 Å². The van der Waals surface area contributed by atoms with Gasteiger partial charge in [-0.15, -0.1) is 11.3 Å². The van der Waals surface area contributed by atoms with E-state index < -0.39 is 5.63 Å². The number of thioether (sulfide) groups is 1. The van der Waals surface area contributed by atoms with Crippen molar-refractivity contribution in [2.45, 2.75) is 10.9 Å². The normalized spacial score (nSPS) is 11.4. The summed E-state index contributed by atoms with van der Waals surface area (Å²) in [7, 11) is 1.68. The molecule has 0 spiro atoms. The molecule has 0 atom stereocenters. The summed E-state index contributed by atoms with van der Waals surface area (Å²) in [6, 6.07) is 7.86. The zero-order chi connectivity index (χ0) is 17.6. The molecule has 0 aliphatic heterocycles. The number of hydrogen-bond donors (Lipinski definition) is 1. The van der Waals surface area contributed by atoms with Gasteiger partial charge in [0.25, 0.3) is 5.56 Å². The lowest BCUT2D eigenvalue weighted by Gasteiger charge is -2.08. The number of thiophene rings is 1. The standard InChI is InChI=1S/C17H12N2O4S2/c1-19-16(22)12-4-5-24-15(12)18-17(19)25-8-9-6-14(21)23-13-7-10(20)2-3-11(9)13/h2-7,20H,8H2,1H3. The number of aromatic hydroxyl groups is 1. The van der Waals surface area contributed by atoms with Crippen molar-refractivity contribution in [3.05, 3.63) is 62.0 Å². The molecule has 1 aromatic carbocycles. The maximum atomic E-state index is 12.3. The van der Waals surface area contributed by atoms with Gasteiger partial charge in [-0.1, -0.05) is 11.8 Å². The number of nitrogens with zero attached hydrogens (tertiary/aromatic N) is 2. The number of phenols is 1. The van der Waals surface area contributed by atoms with Crippen LogP contribution in [0.5, 0.6) is 5.75 Å². The first-order valence-corrected chi connectivity index (χ1v) is 9.22. The molecule has 0 amide bonds.